The summed E-state index contributed by atoms with van der Waals surface area (Å²) in [5, 5.41) is 0. The highest BCUT2D eigenvalue weighted by Gasteiger charge is 2.71. The Bertz CT molecular complexity index is 1160. The van der Waals surface area contributed by atoms with Gasteiger partial charge in [-0.25, -0.2) is 0 Å². The highest BCUT2D eigenvalue weighted by Crippen LogP contribution is 2.73. The average molecular weight is 495 g/mol. The maximum atomic E-state index is 13.0. The minimum atomic E-state index is -0.631. The zero-order chi connectivity index (χ0) is 26.3. The Labute approximate surface area is 213 Å². The molecule has 6 nitrogen and oxygen atoms in total. The van der Waals surface area contributed by atoms with Crippen LogP contribution >= 0.6 is 0 Å². The minimum Gasteiger partial charge on any atom is -0.472 e. The van der Waals surface area contributed by atoms with E-state index >= 15 is 0 Å². The molecule has 0 unspecified atom stereocenters. The van der Waals surface area contributed by atoms with Crippen molar-refractivity contribution >= 4 is 17.7 Å². The Morgan fingerprint density at radius 3 is 2.36 bits per heavy atom. The van der Waals surface area contributed by atoms with E-state index in [1.807, 2.05) is 26.2 Å². The molecule has 0 N–H and O–H groups in total. The fraction of sp³-hybridized carbons (Fsp3) is 0.633. The number of hydrogen-bond donors (Lipinski definition) is 0. The van der Waals surface area contributed by atoms with Crippen LogP contribution in [0.3, 0.4) is 0 Å². The molecule has 2 fully saturated rings. The number of hydrogen-bond acceptors (Lipinski definition) is 6. The Balaban J connectivity index is 1.73. The van der Waals surface area contributed by atoms with Gasteiger partial charge in [-0.2, -0.15) is 0 Å². The molecule has 2 saturated carbocycles. The van der Waals surface area contributed by atoms with Crippen LogP contribution < -0.4 is 0 Å². The molecule has 1 aromatic heterocycles. The van der Waals surface area contributed by atoms with Crippen LogP contribution in [0.4, 0.5) is 0 Å². The maximum Gasteiger partial charge on any atom is 0.302 e. The van der Waals surface area contributed by atoms with Gasteiger partial charge in [0.25, 0.3) is 0 Å². The van der Waals surface area contributed by atoms with Gasteiger partial charge in [-0.05, 0) is 59.6 Å². The standard InChI is InChI=1S/C30H38O6/c1-17(31)35-21-15-29(6)20(19-11-13-34-16-19)8-9-22(29)30(7)25(36-18(2)32)14-23-27(3,4)24(33)10-12-28(23,5)26(21)30/h9-13,16,20-21,23,25-26H,8,14-15H2,1-7H3/t20-,21+,23-,25+,26+,28-,29-,30+/m0/s1. The summed E-state index contributed by atoms with van der Waals surface area (Å²) < 4.78 is 17.8. The molecule has 0 spiro atoms. The summed E-state index contributed by atoms with van der Waals surface area (Å²) in [6.07, 6.45) is 10.8. The van der Waals surface area contributed by atoms with Crippen LogP contribution in [0.5, 0.6) is 0 Å². The molecule has 0 amide bonds. The van der Waals surface area contributed by atoms with Crippen LogP contribution in [0.1, 0.15) is 79.2 Å². The SMILES string of the molecule is CC(=O)O[C@@H]1C[C@]2(C)C(=CC[C@H]2c2ccoc2)[C@@]2(C)[C@H]1[C@@]1(C)C=CC(=O)C(C)(C)[C@@H]1C[C@H]2OC(C)=O. The third kappa shape index (κ3) is 3.25. The average Bonchev–Trinajstić information content (AvgIpc) is 3.39. The van der Waals surface area contributed by atoms with E-state index in [9.17, 15) is 14.4 Å². The fourth-order valence-electron chi connectivity index (χ4n) is 9.05. The van der Waals surface area contributed by atoms with Crippen molar-refractivity contribution in [1.29, 1.82) is 0 Å². The van der Waals surface area contributed by atoms with Gasteiger partial charge >= 0.3 is 11.9 Å². The molecule has 1 heterocycles. The monoisotopic (exact) mass is 494 g/mol. The van der Waals surface area contributed by atoms with Gasteiger partial charge < -0.3 is 13.9 Å². The van der Waals surface area contributed by atoms with Crippen LogP contribution in [0.25, 0.3) is 0 Å². The van der Waals surface area contributed by atoms with E-state index in [4.69, 9.17) is 13.9 Å². The number of ether oxygens (including phenoxy) is 2. The lowest BCUT2D eigenvalue weighted by Gasteiger charge is -2.67. The normalized spacial score (nSPS) is 42.6. The van der Waals surface area contributed by atoms with E-state index in [1.54, 1.807) is 12.3 Å². The molecule has 0 saturated heterocycles. The minimum absolute atomic E-state index is 0.0704. The van der Waals surface area contributed by atoms with Crippen LogP contribution in [0.15, 0.2) is 46.8 Å². The Hall–Kier alpha value is -2.63. The van der Waals surface area contributed by atoms with Gasteiger partial charge in [0.1, 0.15) is 12.2 Å². The van der Waals surface area contributed by atoms with Gasteiger partial charge in [0, 0.05) is 30.6 Å². The molecule has 0 aromatic carbocycles. The van der Waals surface area contributed by atoms with Crippen molar-refractivity contribution in [2.45, 2.75) is 85.9 Å². The topological polar surface area (TPSA) is 82.8 Å². The molecule has 5 rings (SSSR count). The predicted octanol–water partition coefficient (Wildman–Crippen LogP) is 5.78. The molecule has 0 bridgehead atoms. The summed E-state index contributed by atoms with van der Waals surface area (Å²) in [6.45, 7) is 13.6. The van der Waals surface area contributed by atoms with Gasteiger partial charge in [0.15, 0.2) is 5.78 Å². The number of ketones is 1. The number of allylic oxidation sites excluding steroid dienone is 3. The lowest BCUT2D eigenvalue weighted by molar-refractivity contribution is -0.216. The molecule has 0 aliphatic heterocycles. The third-order valence-corrected chi connectivity index (χ3v) is 10.4. The van der Waals surface area contributed by atoms with Crippen LogP contribution in [0, 0.1) is 33.5 Å². The van der Waals surface area contributed by atoms with E-state index in [1.165, 1.54) is 19.4 Å². The first kappa shape index (κ1) is 25.0. The van der Waals surface area contributed by atoms with Crippen molar-refractivity contribution < 1.29 is 28.3 Å². The van der Waals surface area contributed by atoms with Crippen molar-refractivity contribution in [2.75, 3.05) is 0 Å². The summed E-state index contributed by atoms with van der Waals surface area (Å²) in [5.41, 5.74) is 0.445. The van der Waals surface area contributed by atoms with Crippen LogP contribution in [-0.4, -0.2) is 29.9 Å². The molecule has 1 aromatic rings. The molecule has 36 heavy (non-hydrogen) atoms. The summed E-state index contributed by atoms with van der Waals surface area (Å²) in [5.74, 6) is -0.631. The Kier molecular flexibility index (Phi) is 5.52. The fourth-order valence-corrected chi connectivity index (χ4v) is 9.05. The summed E-state index contributed by atoms with van der Waals surface area (Å²) in [4.78, 5) is 38.0. The number of furan rings is 1. The van der Waals surface area contributed by atoms with Gasteiger partial charge in [0.05, 0.1) is 12.5 Å². The molecular weight excluding hydrogens is 456 g/mol. The van der Waals surface area contributed by atoms with Crippen molar-refractivity contribution in [3.8, 4) is 0 Å². The molecule has 6 heteroatoms. The summed E-state index contributed by atoms with van der Waals surface area (Å²) >= 11 is 0. The molecule has 4 aliphatic rings. The highest BCUT2D eigenvalue weighted by atomic mass is 16.6. The first-order valence-corrected chi connectivity index (χ1v) is 13.1. The zero-order valence-electron chi connectivity index (χ0n) is 22.4. The van der Waals surface area contributed by atoms with E-state index in [0.717, 1.165) is 12.0 Å². The van der Waals surface area contributed by atoms with Crippen LogP contribution in [-0.2, 0) is 23.9 Å². The van der Waals surface area contributed by atoms with E-state index < -0.39 is 28.5 Å². The summed E-state index contributed by atoms with van der Waals surface area (Å²) in [7, 11) is 0. The van der Waals surface area contributed by atoms with E-state index in [-0.39, 0.29) is 40.9 Å². The van der Waals surface area contributed by atoms with Crippen molar-refractivity contribution in [3.05, 3.63) is 48.0 Å². The number of fused-ring (bicyclic) bond motifs is 5. The lowest BCUT2D eigenvalue weighted by atomic mass is 9.38. The number of carbonyl (C=O) groups is 3. The lowest BCUT2D eigenvalue weighted by Crippen LogP contribution is -2.68. The van der Waals surface area contributed by atoms with Crippen molar-refractivity contribution in [3.63, 3.8) is 0 Å². The van der Waals surface area contributed by atoms with Crippen molar-refractivity contribution in [2.24, 2.45) is 33.5 Å². The number of esters is 2. The predicted molar refractivity (Wildman–Crippen MR) is 134 cm³/mol. The Morgan fingerprint density at radius 1 is 1.06 bits per heavy atom. The van der Waals surface area contributed by atoms with Gasteiger partial charge in [-0.3, -0.25) is 14.4 Å². The first-order chi connectivity index (χ1) is 16.8. The quantitative estimate of drug-likeness (QED) is 0.391. The largest absolute Gasteiger partial charge is 0.472 e. The van der Waals surface area contributed by atoms with Crippen molar-refractivity contribution in [1.82, 2.24) is 0 Å². The molecule has 0 radical (unpaired) electrons. The zero-order valence-corrected chi connectivity index (χ0v) is 22.4. The first-order valence-electron chi connectivity index (χ1n) is 13.1. The van der Waals surface area contributed by atoms with E-state index in [0.29, 0.717) is 12.8 Å². The second-order valence-electron chi connectivity index (χ2n) is 12.7. The number of carbonyl (C=O) groups excluding carboxylic acids is 3. The molecule has 8 atom stereocenters. The second-order valence-corrected chi connectivity index (χ2v) is 12.7. The Morgan fingerprint density at radius 2 is 1.75 bits per heavy atom. The maximum absolute atomic E-state index is 13.0. The third-order valence-electron chi connectivity index (χ3n) is 10.4. The van der Waals surface area contributed by atoms with E-state index in [2.05, 4.69) is 32.9 Å². The number of rotatable bonds is 3. The van der Waals surface area contributed by atoms with Gasteiger partial charge in [0.2, 0.25) is 0 Å². The van der Waals surface area contributed by atoms with Gasteiger partial charge in [-0.1, -0.05) is 52.3 Å². The smallest absolute Gasteiger partial charge is 0.302 e. The highest BCUT2D eigenvalue weighted by molar-refractivity contribution is 5.95. The molecule has 194 valence electrons. The molecule has 4 aliphatic carbocycles. The van der Waals surface area contributed by atoms with Crippen LogP contribution in [0.2, 0.25) is 0 Å². The van der Waals surface area contributed by atoms with Gasteiger partial charge in [-0.15, -0.1) is 0 Å². The summed E-state index contributed by atoms with van der Waals surface area (Å²) in [6, 6.07) is 2.02. The molecular formula is C30H38O6. The second kappa shape index (κ2) is 7.93.